The van der Waals surface area contributed by atoms with E-state index in [2.05, 4.69) is 0 Å². The molecule has 146 valence electrons. The molecule has 0 atom stereocenters. The Kier molecular flexibility index (Phi) is 7.23. The molecule has 0 aliphatic carbocycles. The molecule has 0 N–H and O–H groups in total. The third-order valence-corrected chi connectivity index (χ3v) is 6.19. The summed E-state index contributed by atoms with van der Waals surface area (Å²) in [7, 11) is 0. The number of rotatable bonds is 8. The molecule has 2 aromatic carbocycles. The van der Waals surface area contributed by atoms with Crippen LogP contribution in [-0.2, 0) is 4.79 Å². The number of thioether (sulfide) groups is 2. The lowest BCUT2D eigenvalue weighted by Gasteiger charge is -2.12. The van der Waals surface area contributed by atoms with Crippen molar-refractivity contribution in [2.75, 3.05) is 18.3 Å². The van der Waals surface area contributed by atoms with E-state index in [1.807, 2.05) is 32.0 Å². The van der Waals surface area contributed by atoms with Crippen LogP contribution in [0, 0.1) is 5.82 Å². The van der Waals surface area contributed by atoms with Crippen molar-refractivity contribution in [2.24, 2.45) is 0 Å². The molecule has 1 aliphatic heterocycles. The normalized spacial score (nSPS) is 12.4. The van der Waals surface area contributed by atoms with Gasteiger partial charge < -0.3 is 9.47 Å². The quantitative estimate of drug-likeness (QED) is 0.492. The van der Waals surface area contributed by atoms with Crippen molar-refractivity contribution in [3.05, 3.63) is 69.7 Å². The molecule has 0 saturated carbocycles. The third kappa shape index (κ3) is 4.80. The highest BCUT2D eigenvalue weighted by Gasteiger charge is 2.18. The monoisotopic (exact) mass is 416 g/mol. The average Bonchev–Trinajstić information content (AvgIpc) is 3.18. The second kappa shape index (κ2) is 9.85. The van der Waals surface area contributed by atoms with Crippen LogP contribution >= 0.6 is 23.5 Å². The average molecular weight is 417 g/mol. The molecule has 0 spiro atoms. The maximum absolute atomic E-state index is 13.4. The van der Waals surface area contributed by atoms with Gasteiger partial charge in [-0.2, -0.15) is 0 Å². The van der Waals surface area contributed by atoms with Gasteiger partial charge in [-0.3, -0.25) is 4.79 Å². The first kappa shape index (κ1) is 20.6. The van der Waals surface area contributed by atoms with E-state index in [-0.39, 0.29) is 18.4 Å². The first-order chi connectivity index (χ1) is 13.6. The maximum atomic E-state index is 13.4. The molecule has 1 aliphatic rings. The summed E-state index contributed by atoms with van der Waals surface area (Å²) in [5, 5.41) is 0. The van der Waals surface area contributed by atoms with E-state index >= 15 is 0 Å². The molecule has 1 heterocycles. The lowest BCUT2D eigenvalue weighted by Crippen LogP contribution is -2.01. The SMILES string of the molecule is CCSC(SCC)=C(C(=O)/C=C/c1cccc2c1OCO2)c1ccc(F)cc1. The summed E-state index contributed by atoms with van der Waals surface area (Å²) in [6.45, 7) is 4.28. The van der Waals surface area contributed by atoms with E-state index in [4.69, 9.17) is 9.47 Å². The Balaban J connectivity index is 1.98. The predicted molar refractivity (Wildman–Crippen MR) is 116 cm³/mol. The van der Waals surface area contributed by atoms with Crippen LogP contribution in [0.2, 0.25) is 0 Å². The Morgan fingerprint density at radius 3 is 2.46 bits per heavy atom. The molecular formula is C22H21FO3S2. The fraction of sp³-hybridized carbons (Fsp3) is 0.227. The number of allylic oxidation sites excluding steroid dienone is 2. The van der Waals surface area contributed by atoms with Crippen LogP contribution < -0.4 is 9.47 Å². The maximum Gasteiger partial charge on any atom is 0.231 e. The summed E-state index contributed by atoms with van der Waals surface area (Å²) in [6.07, 6.45) is 3.28. The van der Waals surface area contributed by atoms with E-state index in [0.717, 1.165) is 21.3 Å². The number of hydrogen-bond donors (Lipinski definition) is 0. The summed E-state index contributed by atoms with van der Waals surface area (Å²) < 4.78 is 25.2. The summed E-state index contributed by atoms with van der Waals surface area (Å²) >= 11 is 3.26. The first-order valence-electron chi connectivity index (χ1n) is 9.00. The number of hydrogen-bond acceptors (Lipinski definition) is 5. The Hall–Kier alpha value is -2.18. The van der Waals surface area contributed by atoms with Crippen molar-refractivity contribution < 1.29 is 18.7 Å². The molecule has 6 heteroatoms. The first-order valence-corrected chi connectivity index (χ1v) is 11.0. The number of carbonyl (C=O) groups is 1. The highest BCUT2D eigenvalue weighted by atomic mass is 32.2. The minimum absolute atomic E-state index is 0.125. The molecule has 0 unspecified atom stereocenters. The molecule has 2 aromatic rings. The summed E-state index contributed by atoms with van der Waals surface area (Å²) in [6, 6.07) is 11.6. The van der Waals surface area contributed by atoms with Crippen molar-refractivity contribution in [3.63, 3.8) is 0 Å². The van der Waals surface area contributed by atoms with Crippen LogP contribution in [0.15, 0.2) is 52.8 Å². The van der Waals surface area contributed by atoms with Gasteiger partial charge in [0.15, 0.2) is 17.3 Å². The second-order valence-corrected chi connectivity index (χ2v) is 8.62. The number of ketones is 1. The van der Waals surface area contributed by atoms with E-state index < -0.39 is 0 Å². The predicted octanol–water partition coefficient (Wildman–Crippen LogP) is 6.01. The van der Waals surface area contributed by atoms with Gasteiger partial charge in [0, 0.05) is 11.1 Å². The topological polar surface area (TPSA) is 35.5 Å². The summed E-state index contributed by atoms with van der Waals surface area (Å²) in [5.41, 5.74) is 2.10. The van der Waals surface area contributed by atoms with E-state index in [1.165, 1.54) is 12.1 Å². The minimum Gasteiger partial charge on any atom is -0.454 e. The zero-order valence-corrected chi connectivity index (χ0v) is 17.4. The van der Waals surface area contributed by atoms with Crippen LogP contribution in [-0.4, -0.2) is 24.1 Å². The third-order valence-electron chi connectivity index (χ3n) is 3.98. The van der Waals surface area contributed by atoms with Gasteiger partial charge in [-0.25, -0.2) is 4.39 Å². The van der Waals surface area contributed by atoms with Crippen molar-refractivity contribution in [1.29, 1.82) is 0 Å². The number of para-hydroxylation sites is 1. The minimum atomic E-state index is -0.323. The lowest BCUT2D eigenvalue weighted by atomic mass is 10.0. The van der Waals surface area contributed by atoms with Crippen LogP contribution in [0.25, 0.3) is 11.6 Å². The Bertz CT molecular complexity index is 896. The van der Waals surface area contributed by atoms with Gasteiger partial charge in [-0.1, -0.05) is 38.1 Å². The van der Waals surface area contributed by atoms with E-state index in [0.29, 0.717) is 22.6 Å². The zero-order chi connectivity index (χ0) is 19.9. The van der Waals surface area contributed by atoms with Gasteiger partial charge in [0.25, 0.3) is 0 Å². The Morgan fingerprint density at radius 1 is 1.07 bits per heavy atom. The van der Waals surface area contributed by atoms with Crippen LogP contribution in [0.5, 0.6) is 11.5 Å². The number of carbonyl (C=O) groups excluding carboxylic acids is 1. The van der Waals surface area contributed by atoms with Gasteiger partial charge in [-0.15, -0.1) is 23.5 Å². The molecule has 0 fully saturated rings. The number of benzene rings is 2. The molecule has 0 amide bonds. The number of fused-ring (bicyclic) bond motifs is 1. The molecule has 3 rings (SSSR count). The Morgan fingerprint density at radius 2 is 1.79 bits per heavy atom. The fourth-order valence-electron chi connectivity index (χ4n) is 2.76. The van der Waals surface area contributed by atoms with Crippen LogP contribution in [0.3, 0.4) is 0 Å². The van der Waals surface area contributed by atoms with Crippen molar-refractivity contribution >= 4 is 41.0 Å². The highest BCUT2D eigenvalue weighted by molar-refractivity contribution is 8.22. The molecule has 0 saturated heterocycles. The molecule has 0 aromatic heterocycles. The molecule has 0 bridgehead atoms. The van der Waals surface area contributed by atoms with Crippen molar-refractivity contribution in [3.8, 4) is 11.5 Å². The molecule has 0 radical (unpaired) electrons. The van der Waals surface area contributed by atoms with Gasteiger partial charge in [0.05, 0.1) is 4.24 Å². The van der Waals surface area contributed by atoms with Crippen molar-refractivity contribution in [2.45, 2.75) is 13.8 Å². The number of ether oxygens (including phenoxy) is 2. The second-order valence-electron chi connectivity index (χ2n) is 5.81. The molecule has 28 heavy (non-hydrogen) atoms. The largest absolute Gasteiger partial charge is 0.454 e. The lowest BCUT2D eigenvalue weighted by molar-refractivity contribution is -0.109. The highest BCUT2D eigenvalue weighted by Crippen LogP contribution is 2.38. The van der Waals surface area contributed by atoms with E-state index in [1.54, 1.807) is 47.8 Å². The molecule has 3 nitrogen and oxygen atoms in total. The summed E-state index contributed by atoms with van der Waals surface area (Å²) in [4.78, 5) is 13.2. The smallest absolute Gasteiger partial charge is 0.231 e. The van der Waals surface area contributed by atoms with E-state index in [9.17, 15) is 9.18 Å². The molecular weight excluding hydrogens is 395 g/mol. The van der Waals surface area contributed by atoms with Crippen LogP contribution in [0.4, 0.5) is 4.39 Å². The van der Waals surface area contributed by atoms with Crippen LogP contribution in [0.1, 0.15) is 25.0 Å². The van der Waals surface area contributed by atoms with Gasteiger partial charge in [-0.05, 0) is 47.4 Å². The summed E-state index contributed by atoms with van der Waals surface area (Å²) in [5.74, 6) is 2.57. The Labute approximate surface area is 173 Å². The number of halogens is 1. The zero-order valence-electron chi connectivity index (χ0n) is 15.7. The van der Waals surface area contributed by atoms with Crippen molar-refractivity contribution in [1.82, 2.24) is 0 Å². The standard InChI is InChI=1S/C22H21FO3S2/c1-3-27-22(28-4-2)20(15-8-11-17(23)12-9-15)18(24)13-10-16-6-5-7-19-21(16)26-14-25-19/h5-13H,3-4,14H2,1-2H3/b13-10+. The van der Waals surface area contributed by atoms with Gasteiger partial charge >= 0.3 is 0 Å². The van der Waals surface area contributed by atoms with Gasteiger partial charge in [0.2, 0.25) is 6.79 Å². The fourth-order valence-corrected chi connectivity index (χ4v) is 5.05. The van der Waals surface area contributed by atoms with Gasteiger partial charge in [0.1, 0.15) is 5.82 Å².